The number of nitrogens with one attached hydrogen (secondary N) is 1. The van der Waals surface area contributed by atoms with Gasteiger partial charge in [-0.25, -0.2) is 0 Å². The van der Waals surface area contributed by atoms with Gasteiger partial charge in [0.2, 0.25) is 0 Å². The van der Waals surface area contributed by atoms with Crippen LogP contribution in [0, 0.1) is 0 Å². The molecule has 2 saturated heterocycles. The van der Waals surface area contributed by atoms with E-state index in [1.165, 1.54) is 12.8 Å². The van der Waals surface area contributed by atoms with E-state index in [9.17, 15) is 0 Å². The predicted octanol–water partition coefficient (Wildman–Crippen LogP) is 0.526. The zero-order chi connectivity index (χ0) is 6.27. The molecular formula is C7H13NO. The van der Waals surface area contributed by atoms with Crippen LogP contribution >= 0.6 is 0 Å². The van der Waals surface area contributed by atoms with Gasteiger partial charge in [0.15, 0.2) is 0 Å². The fourth-order valence-corrected chi connectivity index (χ4v) is 1.85. The van der Waals surface area contributed by atoms with Crippen LogP contribution in [0.2, 0.25) is 0 Å². The predicted molar refractivity (Wildman–Crippen MR) is 35.4 cm³/mol. The lowest BCUT2D eigenvalue weighted by molar-refractivity contribution is -0.0174. The number of hydrogen-bond donors (Lipinski definition) is 1. The Morgan fingerprint density at radius 1 is 1.44 bits per heavy atom. The summed E-state index contributed by atoms with van der Waals surface area (Å²) in [4.78, 5) is 0. The molecule has 0 unspecified atom stereocenters. The lowest BCUT2D eigenvalue weighted by atomic mass is 10.0. The van der Waals surface area contributed by atoms with Gasteiger partial charge in [0.05, 0.1) is 12.2 Å². The van der Waals surface area contributed by atoms with E-state index in [4.69, 9.17) is 4.74 Å². The van der Waals surface area contributed by atoms with Crippen molar-refractivity contribution in [1.82, 2.24) is 5.32 Å². The Hall–Kier alpha value is -0.0800. The van der Waals surface area contributed by atoms with E-state index >= 15 is 0 Å². The van der Waals surface area contributed by atoms with E-state index in [2.05, 4.69) is 12.2 Å². The molecule has 0 saturated carbocycles. The molecule has 2 aliphatic heterocycles. The maximum Gasteiger partial charge on any atom is 0.0718 e. The van der Waals surface area contributed by atoms with Crippen LogP contribution in [0.3, 0.4) is 0 Å². The second-order valence-electron chi connectivity index (χ2n) is 3.15. The minimum absolute atomic E-state index is 0.490. The Labute approximate surface area is 55.6 Å². The van der Waals surface area contributed by atoms with Crippen LogP contribution in [-0.2, 0) is 4.74 Å². The van der Waals surface area contributed by atoms with Crippen LogP contribution in [0.15, 0.2) is 0 Å². The Balaban J connectivity index is 2.03. The molecule has 2 heteroatoms. The van der Waals surface area contributed by atoms with Gasteiger partial charge in [0.1, 0.15) is 0 Å². The summed E-state index contributed by atoms with van der Waals surface area (Å²) in [5.41, 5.74) is 0. The molecule has 0 aromatic carbocycles. The van der Waals surface area contributed by atoms with Crippen molar-refractivity contribution in [3.8, 4) is 0 Å². The summed E-state index contributed by atoms with van der Waals surface area (Å²) in [5, 5.41) is 3.42. The topological polar surface area (TPSA) is 21.3 Å². The molecule has 0 radical (unpaired) electrons. The fourth-order valence-electron chi connectivity index (χ4n) is 1.85. The fraction of sp³-hybridized carbons (Fsp3) is 1.00. The highest BCUT2D eigenvalue weighted by Crippen LogP contribution is 2.23. The maximum atomic E-state index is 5.61. The molecule has 0 aromatic rings. The van der Waals surface area contributed by atoms with Gasteiger partial charge >= 0.3 is 0 Å². The van der Waals surface area contributed by atoms with Crippen molar-refractivity contribution in [2.75, 3.05) is 6.54 Å². The van der Waals surface area contributed by atoms with Crippen molar-refractivity contribution in [3.05, 3.63) is 0 Å². The Morgan fingerprint density at radius 2 is 2.33 bits per heavy atom. The number of rotatable bonds is 0. The van der Waals surface area contributed by atoms with Crippen molar-refractivity contribution >= 4 is 0 Å². The number of hydrogen-bond acceptors (Lipinski definition) is 2. The van der Waals surface area contributed by atoms with Crippen LogP contribution in [0.1, 0.15) is 19.8 Å². The van der Waals surface area contributed by atoms with E-state index in [0.717, 1.165) is 12.6 Å². The van der Waals surface area contributed by atoms with E-state index < -0.39 is 0 Å². The van der Waals surface area contributed by atoms with Crippen molar-refractivity contribution in [3.63, 3.8) is 0 Å². The maximum absolute atomic E-state index is 5.61. The molecular weight excluding hydrogens is 114 g/mol. The SMILES string of the molecule is C[C@H]1C[C@@H]2C[C@@H](CN2)O1. The van der Waals surface area contributed by atoms with E-state index in [1.807, 2.05) is 0 Å². The van der Waals surface area contributed by atoms with Gasteiger partial charge < -0.3 is 10.1 Å². The highest BCUT2D eigenvalue weighted by atomic mass is 16.5. The third-order valence-corrected chi connectivity index (χ3v) is 2.22. The van der Waals surface area contributed by atoms with Crippen molar-refractivity contribution in [2.24, 2.45) is 0 Å². The van der Waals surface area contributed by atoms with Crippen LogP contribution in [-0.4, -0.2) is 24.8 Å². The summed E-state index contributed by atoms with van der Waals surface area (Å²) >= 11 is 0. The van der Waals surface area contributed by atoms with Gasteiger partial charge in [-0.3, -0.25) is 0 Å². The molecule has 52 valence electrons. The molecule has 2 rings (SSSR count). The van der Waals surface area contributed by atoms with Crippen molar-refractivity contribution < 1.29 is 4.74 Å². The van der Waals surface area contributed by atoms with E-state index in [-0.39, 0.29) is 0 Å². The summed E-state index contributed by atoms with van der Waals surface area (Å²) < 4.78 is 5.61. The van der Waals surface area contributed by atoms with Gasteiger partial charge in [-0.15, -0.1) is 0 Å². The molecule has 2 aliphatic rings. The Bertz CT molecular complexity index is 103. The zero-order valence-corrected chi connectivity index (χ0v) is 5.76. The summed E-state index contributed by atoms with van der Waals surface area (Å²) in [6.07, 6.45) is 3.46. The van der Waals surface area contributed by atoms with Crippen molar-refractivity contribution in [1.29, 1.82) is 0 Å². The Kier molecular flexibility index (Phi) is 1.24. The third-order valence-electron chi connectivity index (χ3n) is 2.22. The second-order valence-corrected chi connectivity index (χ2v) is 3.15. The largest absolute Gasteiger partial charge is 0.374 e. The first-order chi connectivity index (χ1) is 4.34. The molecule has 2 nitrogen and oxygen atoms in total. The molecule has 2 fully saturated rings. The van der Waals surface area contributed by atoms with Crippen LogP contribution in [0.4, 0.5) is 0 Å². The molecule has 2 bridgehead atoms. The average Bonchev–Trinajstić information content (AvgIpc) is 2.11. The van der Waals surface area contributed by atoms with Gasteiger partial charge in [0, 0.05) is 12.6 Å². The molecule has 0 aromatic heterocycles. The van der Waals surface area contributed by atoms with Crippen molar-refractivity contribution in [2.45, 2.75) is 38.0 Å². The molecule has 2 heterocycles. The van der Waals surface area contributed by atoms with Gasteiger partial charge in [-0.2, -0.15) is 0 Å². The molecule has 3 atom stereocenters. The third kappa shape index (κ3) is 0.970. The monoisotopic (exact) mass is 127 g/mol. The summed E-state index contributed by atoms with van der Waals surface area (Å²) in [7, 11) is 0. The molecule has 9 heavy (non-hydrogen) atoms. The zero-order valence-electron chi connectivity index (χ0n) is 5.76. The lowest BCUT2D eigenvalue weighted by Gasteiger charge is -2.24. The Morgan fingerprint density at radius 3 is 3.11 bits per heavy atom. The normalized spacial score (nSPS) is 49.7. The van der Waals surface area contributed by atoms with E-state index in [0.29, 0.717) is 12.2 Å². The lowest BCUT2D eigenvalue weighted by Crippen LogP contribution is -2.29. The minimum atomic E-state index is 0.490. The van der Waals surface area contributed by atoms with Gasteiger partial charge in [0.25, 0.3) is 0 Å². The average molecular weight is 127 g/mol. The first-order valence-corrected chi connectivity index (χ1v) is 3.73. The second kappa shape index (κ2) is 1.96. The minimum Gasteiger partial charge on any atom is -0.374 e. The summed E-state index contributed by atoms with van der Waals surface area (Å²) in [6, 6.07) is 0.763. The summed E-state index contributed by atoms with van der Waals surface area (Å²) in [6.45, 7) is 3.24. The van der Waals surface area contributed by atoms with Gasteiger partial charge in [-0.1, -0.05) is 0 Å². The highest BCUT2D eigenvalue weighted by molar-refractivity contribution is 4.88. The summed E-state index contributed by atoms with van der Waals surface area (Å²) in [5.74, 6) is 0. The van der Waals surface area contributed by atoms with E-state index in [1.54, 1.807) is 0 Å². The standard InChI is InChI=1S/C7H13NO/c1-5-2-6-3-7(9-5)4-8-6/h5-8H,2-4H2,1H3/t5-,6+,7-/m0/s1. The van der Waals surface area contributed by atoms with Crippen LogP contribution in [0.5, 0.6) is 0 Å². The first-order valence-electron chi connectivity index (χ1n) is 3.73. The quantitative estimate of drug-likeness (QED) is 0.512. The molecule has 0 amide bonds. The van der Waals surface area contributed by atoms with Crippen LogP contribution < -0.4 is 5.32 Å². The van der Waals surface area contributed by atoms with Crippen LogP contribution in [0.25, 0.3) is 0 Å². The number of ether oxygens (including phenoxy) is 1. The van der Waals surface area contributed by atoms with Gasteiger partial charge in [-0.05, 0) is 19.8 Å². The molecule has 1 N–H and O–H groups in total. The smallest absolute Gasteiger partial charge is 0.0718 e. The molecule has 0 spiro atoms. The molecule has 0 aliphatic carbocycles. The number of fused-ring (bicyclic) bond motifs is 2. The first kappa shape index (κ1) is 5.69. The highest BCUT2D eigenvalue weighted by Gasteiger charge is 2.32.